The molecular weight excluding hydrogens is 422 g/mol. The number of hydrogen-bond donors (Lipinski definition) is 0. The second-order valence-electron chi connectivity index (χ2n) is 5.88. The topological polar surface area (TPSA) is 65.7 Å². The first-order valence-electron chi connectivity index (χ1n) is 8.75. The van der Waals surface area contributed by atoms with Crippen LogP contribution in [0.5, 0.6) is 11.5 Å². The van der Waals surface area contributed by atoms with Gasteiger partial charge in [0.05, 0.1) is 24.2 Å². The lowest BCUT2D eigenvalue weighted by Gasteiger charge is -2.12. The van der Waals surface area contributed by atoms with Crippen LogP contribution in [0.1, 0.15) is 18.3 Å². The summed E-state index contributed by atoms with van der Waals surface area (Å²) in [5, 5.41) is 4.91. The highest BCUT2D eigenvalue weighted by atomic mass is 79.9. The van der Waals surface area contributed by atoms with Gasteiger partial charge in [-0.1, -0.05) is 41.6 Å². The van der Waals surface area contributed by atoms with Crippen molar-refractivity contribution in [3.8, 4) is 11.5 Å². The fraction of sp³-hybridized carbons (Fsp3) is 0.190. The Morgan fingerprint density at radius 3 is 2.86 bits per heavy atom. The first-order chi connectivity index (χ1) is 13.6. The summed E-state index contributed by atoms with van der Waals surface area (Å²) >= 11 is 3.40. The Morgan fingerprint density at radius 2 is 2.14 bits per heavy atom. The number of para-hydroxylation sites is 1. The zero-order valence-electron chi connectivity index (χ0n) is 15.7. The predicted octanol–water partition coefficient (Wildman–Crippen LogP) is 4.18. The van der Waals surface area contributed by atoms with Crippen LogP contribution in [0.15, 0.2) is 63.4 Å². The van der Waals surface area contributed by atoms with E-state index in [2.05, 4.69) is 32.6 Å². The number of ether oxygens (including phenoxy) is 2. The minimum absolute atomic E-state index is 0.226. The molecule has 2 aromatic carbocycles. The van der Waals surface area contributed by atoms with E-state index in [1.165, 1.54) is 4.68 Å². The maximum absolute atomic E-state index is 13.0. The number of benzene rings is 2. The molecule has 0 aliphatic heterocycles. The lowest BCUT2D eigenvalue weighted by atomic mass is 10.2. The minimum atomic E-state index is -0.226. The number of aryl methyl sites for hydroxylation is 1. The lowest BCUT2D eigenvalue weighted by Crippen LogP contribution is -2.22. The number of hydrogen-bond acceptors (Lipinski definition) is 5. The molecule has 1 aromatic heterocycles. The van der Waals surface area contributed by atoms with E-state index in [4.69, 9.17) is 9.47 Å². The number of fused-ring (bicyclic) bond motifs is 1. The molecule has 7 heteroatoms. The van der Waals surface area contributed by atoms with Crippen LogP contribution in [0, 0.1) is 0 Å². The van der Waals surface area contributed by atoms with Crippen LogP contribution in [-0.2, 0) is 6.42 Å². The predicted molar refractivity (Wildman–Crippen MR) is 115 cm³/mol. The van der Waals surface area contributed by atoms with Crippen molar-refractivity contribution in [1.29, 1.82) is 0 Å². The second-order valence-corrected chi connectivity index (χ2v) is 6.80. The number of halogens is 1. The van der Waals surface area contributed by atoms with Gasteiger partial charge in [0, 0.05) is 16.5 Å². The highest BCUT2D eigenvalue weighted by Crippen LogP contribution is 2.30. The Morgan fingerprint density at radius 1 is 1.32 bits per heavy atom. The van der Waals surface area contributed by atoms with Gasteiger partial charge in [-0.05, 0) is 30.3 Å². The molecule has 0 saturated carbocycles. The Labute approximate surface area is 171 Å². The third-order valence-electron chi connectivity index (χ3n) is 4.08. The molecule has 3 rings (SSSR count). The maximum atomic E-state index is 13.0. The van der Waals surface area contributed by atoms with E-state index in [0.29, 0.717) is 46.8 Å². The van der Waals surface area contributed by atoms with Crippen LogP contribution in [0.2, 0.25) is 0 Å². The number of nitrogens with zero attached hydrogens (tertiary/aromatic N) is 3. The van der Waals surface area contributed by atoms with Crippen molar-refractivity contribution in [1.82, 2.24) is 9.66 Å². The summed E-state index contributed by atoms with van der Waals surface area (Å²) in [7, 11) is 1.57. The highest BCUT2D eigenvalue weighted by molar-refractivity contribution is 9.10. The van der Waals surface area contributed by atoms with Gasteiger partial charge in [-0.3, -0.25) is 4.79 Å². The largest absolute Gasteiger partial charge is 0.493 e. The maximum Gasteiger partial charge on any atom is 0.282 e. The van der Waals surface area contributed by atoms with Crippen LogP contribution in [0.3, 0.4) is 0 Å². The average Bonchev–Trinajstić information content (AvgIpc) is 2.71. The first kappa shape index (κ1) is 19.8. The zero-order chi connectivity index (χ0) is 20.1. The molecular formula is C21H20BrN3O3. The van der Waals surface area contributed by atoms with Crippen molar-refractivity contribution < 1.29 is 9.47 Å². The van der Waals surface area contributed by atoms with E-state index < -0.39 is 0 Å². The summed E-state index contributed by atoms with van der Waals surface area (Å²) in [5.74, 6) is 1.69. The van der Waals surface area contributed by atoms with Crippen molar-refractivity contribution in [2.75, 3.05) is 13.7 Å². The van der Waals surface area contributed by atoms with Gasteiger partial charge in [0.25, 0.3) is 5.56 Å². The molecule has 0 bridgehead atoms. The average molecular weight is 442 g/mol. The van der Waals surface area contributed by atoms with Crippen LogP contribution in [0.25, 0.3) is 10.9 Å². The number of aromatic nitrogens is 2. The first-order valence-corrected chi connectivity index (χ1v) is 9.54. The molecule has 0 spiro atoms. The zero-order valence-corrected chi connectivity index (χ0v) is 17.3. The molecule has 0 N–H and O–H groups in total. The molecule has 0 fully saturated rings. The fourth-order valence-corrected chi connectivity index (χ4v) is 3.12. The summed E-state index contributed by atoms with van der Waals surface area (Å²) in [6.45, 7) is 5.93. The van der Waals surface area contributed by atoms with Crippen LogP contribution < -0.4 is 15.0 Å². The van der Waals surface area contributed by atoms with Crippen molar-refractivity contribution in [2.24, 2.45) is 5.10 Å². The fourth-order valence-electron chi connectivity index (χ4n) is 2.75. The van der Waals surface area contributed by atoms with E-state index in [9.17, 15) is 4.79 Å². The van der Waals surface area contributed by atoms with Gasteiger partial charge in [-0.2, -0.15) is 9.78 Å². The molecule has 144 valence electrons. The van der Waals surface area contributed by atoms with Crippen molar-refractivity contribution in [3.63, 3.8) is 0 Å². The van der Waals surface area contributed by atoms with Gasteiger partial charge < -0.3 is 9.47 Å². The molecule has 0 unspecified atom stereocenters. The molecule has 0 saturated heterocycles. The van der Waals surface area contributed by atoms with Gasteiger partial charge >= 0.3 is 0 Å². The van der Waals surface area contributed by atoms with Crippen molar-refractivity contribution in [3.05, 3.63) is 75.3 Å². The molecule has 0 aliphatic carbocycles. The van der Waals surface area contributed by atoms with Crippen LogP contribution >= 0.6 is 15.9 Å². The van der Waals surface area contributed by atoms with Crippen LogP contribution in [-0.4, -0.2) is 29.6 Å². The number of rotatable bonds is 7. The summed E-state index contributed by atoms with van der Waals surface area (Å²) in [4.78, 5) is 17.6. The Bertz CT molecular complexity index is 1110. The normalized spacial score (nSPS) is 11.1. The van der Waals surface area contributed by atoms with E-state index in [1.807, 2.05) is 31.2 Å². The monoisotopic (exact) mass is 441 g/mol. The van der Waals surface area contributed by atoms with Crippen molar-refractivity contribution in [2.45, 2.75) is 13.3 Å². The molecule has 0 radical (unpaired) electrons. The Balaban J connectivity index is 2.12. The summed E-state index contributed by atoms with van der Waals surface area (Å²) < 4.78 is 13.2. The standard InChI is InChI=1S/C21H20BrN3O3/c1-4-11-28-20-14(7-6-8-18(20)27-3)13-23-25-19(5-2)24-17-10-9-15(22)12-16(17)21(25)26/h4,6-10,12-13H,1,5,11H2,2-3H3. The molecule has 0 atom stereocenters. The Hall–Kier alpha value is -2.93. The van der Waals surface area contributed by atoms with E-state index in [0.717, 1.165) is 4.47 Å². The molecule has 6 nitrogen and oxygen atoms in total. The van der Waals surface area contributed by atoms with Gasteiger partial charge in [-0.25, -0.2) is 4.98 Å². The summed E-state index contributed by atoms with van der Waals surface area (Å²) in [6, 6.07) is 10.9. The van der Waals surface area contributed by atoms with Gasteiger partial charge in [-0.15, -0.1) is 0 Å². The molecule has 0 aliphatic rings. The number of methoxy groups -OCH3 is 1. The van der Waals surface area contributed by atoms with E-state index >= 15 is 0 Å². The molecule has 3 aromatic rings. The third-order valence-corrected chi connectivity index (χ3v) is 4.57. The summed E-state index contributed by atoms with van der Waals surface area (Å²) in [5.41, 5.74) is 1.10. The molecule has 1 heterocycles. The minimum Gasteiger partial charge on any atom is -0.493 e. The quantitative estimate of drug-likeness (QED) is 0.407. The highest BCUT2D eigenvalue weighted by Gasteiger charge is 2.12. The van der Waals surface area contributed by atoms with Gasteiger partial charge in [0.2, 0.25) is 0 Å². The summed E-state index contributed by atoms with van der Waals surface area (Å²) in [6.07, 6.45) is 3.79. The molecule has 0 amide bonds. The van der Waals surface area contributed by atoms with Gasteiger partial charge in [0.1, 0.15) is 12.4 Å². The Kier molecular flexibility index (Phi) is 6.26. The van der Waals surface area contributed by atoms with Gasteiger partial charge in [0.15, 0.2) is 11.5 Å². The van der Waals surface area contributed by atoms with Crippen LogP contribution in [0.4, 0.5) is 0 Å². The van der Waals surface area contributed by atoms with E-state index in [-0.39, 0.29) is 5.56 Å². The third kappa shape index (κ3) is 3.99. The SMILES string of the molecule is C=CCOc1c(C=Nn2c(CC)nc3ccc(Br)cc3c2=O)cccc1OC. The molecule has 28 heavy (non-hydrogen) atoms. The lowest BCUT2D eigenvalue weighted by molar-refractivity contribution is 0.326. The smallest absolute Gasteiger partial charge is 0.282 e. The van der Waals surface area contributed by atoms with Crippen molar-refractivity contribution >= 4 is 33.0 Å². The second kappa shape index (κ2) is 8.84. The van der Waals surface area contributed by atoms with E-state index in [1.54, 1.807) is 31.5 Å².